The van der Waals surface area contributed by atoms with Crippen LogP contribution in [-0.4, -0.2) is 32.8 Å². The number of carbonyl (C=O) groups is 1. The van der Waals surface area contributed by atoms with E-state index in [1.807, 2.05) is 36.6 Å². The summed E-state index contributed by atoms with van der Waals surface area (Å²) in [5, 5.41) is 2.92. The molecule has 0 bridgehead atoms. The quantitative estimate of drug-likeness (QED) is 0.753. The Morgan fingerprint density at radius 1 is 1.36 bits per heavy atom. The number of aromatic amines is 1. The van der Waals surface area contributed by atoms with Crippen LogP contribution >= 0.6 is 11.3 Å². The smallest absolute Gasteiger partial charge is 0.246 e. The Hall–Kier alpha value is -2.47. The van der Waals surface area contributed by atoms with E-state index < -0.39 is 0 Å². The van der Waals surface area contributed by atoms with Crippen molar-refractivity contribution in [1.82, 2.24) is 19.9 Å². The van der Waals surface area contributed by atoms with Crippen molar-refractivity contribution in [2.45, 2.75) is 13.5 Å². The van der Waals surface area contributed by atoms with Gasteiger partial charge in [0.05, 0.1) is 28.3 Å². The van der Waals surface area contributed by atoms with Crippen LogP contribution in [0.5, 0.6) is 0 Å². The van der Waals surface area contributed by atoms with Crippen molar-refractivity contribution in [3.05, 3.63) is 52.2 Å². The minimum absolute atomic E-state index is 0.0777. The molecule has 22 heavy (non-hydrogen) atoms. The van der Waals surface area contributed by atoms with Gasteiger partial charge in [-0.1, -0.05) is 12.1 Å². The first kappa shape index (κ1) is 14.5. The molecule has 6 heteroatoms. The van der Waals surface area contributed by atoms with E-state index in [2.05, 4.69) is 15.0 Å². The van der Waals surface area contributed by atoms with E-state index in [4.69, 9.17) is 0 Å². The van der Waals surface area contributed by atoms with Gasteiger partial charge in [-0.05, 0) is 25.1 Å². The van der Waals surface area contributed by atoms with E-state index in [1.165, 1.54) is 6.08 Å². The van der Waals surface area contributed by atoms with Crippen LogP contribution in [0.2, 0.25) is 0 Å². The number of nitrogens with zero attached hydrogens (tertiary/aromatic N) is 3. The summed E-state index contributed by atoms with van der Waals surface area (Å²) >= 11 is 1.57. The third-order valence-electron chi connectivity index (χ3n) is 3.24. The third-order valence-corrected chi connectivity index (χ3v) is 4.03. The Bertz CT molecular complexity index is 800. The lowest BCUT2D eigenvalue weighted by Gasteiger charge is -2.12. The molecule has 5 nitrogen and oxygen atoms in total. The number of rotatable bonds is 4. The fourth-order valence-corrected chi connectivity index (χ4v) is 2.70. The maximum atomic E-state index is 12.1. The van der Waals surface area contributed by atoms with Gasteiger partial charge in [0.25, 0.3) is 0 Å². The highest BCUT2D eigenvalue weighted by atomic mass is 32.1. The Labute approximate surface area is 132 Å². The molecular weight excluding hydrogens is 296 g/mol. The molecule has 0 aliphatic carbocycles. The second-order valence-electron chi connectivity index (χ2n) is 5.02. The van der Waals surface area contributed by atoms with Crippen molar-refractivity contribution >= 4 is 34.4 Å². The number of likely N-dealkylation sites (N-methyl/N-ethyl adjacent to an activating group) is 1. The highest BCUT2D eigenvalue weighted by Gasteiger charge is 2.09. The molecular formula is C16H16N4OS. The van der Waals surface area contributed by atoms with Crippen LogP contribution in [0, 0.1) is 6.92 Å². The lowest BCUT2D eigenvalue weighted by atomic mass is 10.3. The molecule has 1 amide bonds. The lowest BCUT2D eigenvalue weighted by molar-refractivity contribution is -0.125. The predicted octanol–water partition coefficient (Wildman–Crippen LogP) is 3.00. The lowest BCUT2D eigenvalue weighted by Crippen LogP contribution is -2.24. The van der Waals surface area contributed by atoms with Gasteiger partial charge in [0, 0.05) is 18.5 Å². The minimum Gasteiger partial charge on any atom is -0.340 e. The summed E-state index contributed by atoms with van der Waals surface area (Å²) < 4.78 is 0. The van der Waals surface area contributed by atoms with Crippen molar-refractivity contribution in [3.63, 3.8) is 0 Å². The van der Waals surface area contributed by atoms with Crippen LogP contribution in [0.3, 0.4) is 0 Å². The molecule has 0 fully saturated rings. The van der Waals surface area contributed by atoms with Crippen molar-refractivity contribution < 1.29 is 4.79 Å². The number of nitrogens with one attached hydrogen (secondary N) is 1. The van der Waals surface area contributed by atoms with Crippen LogP contribution < -0.4 is 0 Å². The number of hydrogen-bond acceptors (Lipinski definition) is 4. The average molecular weight is 312 g/mol. The Balaban J connectivity index is 1.66. The maximum Gasteiger partial charge on any atom is 0.246 e. The van der Waals surface area contributed by atoms with Crippen LogP contribution in [0.1, 0.15) is 16.5 Å². The molecule has 112 valence electrons. The molecule has 1 N–H and O–H groups in total. The molecule has 1 aromatic carbocycles. The second kappa shape index (κ2) is 6.11. The monoisotopic (exact) mass is 312 g/mol. The number of aryl methyl sites for hydroxylation is 1. The molecule has 2 aromatic heterocycles. The number of benzene rings is 1. The van der Waals surface area contributed by atoms with Gasteiger partial charge < -0.3 is 9.88 Å². The number of imidazole rings is 1. The second-order valence-corrected chi connectivity index (χ2v) is 6.08. The number of para-hydroxylation sites is 2. The fraction of sp³-hybridized carbons (Fsp3) is 0.188. The first-order valence-electron chi connectivity index (χ1n) is 6.91. The molecule has 0 unspecified atom stereocenters. The first-order valence-corrected chi connectivity index (χ1v) is 7.79. The number of H-pyrrole nitrogens is 1. The minimum atomic E-state index is -0.0777. The Kier molecular flexibility index (Phi) is 4.02. The topological polar surface area (TPSA) is 61.9 Å². The summed E-state index contributed by atoms with van der Waals surface area (Å²) in [7, 11) is 1.76. The van der Waals surface area contributed by atoms with Crippen LogP contribution in [0.15, 0.2) is 35.7 Å². The molecule has 0 radical (unpaired) electrons. The van der Waals surface area contributed by atoms with E-state index in [1.54, 1.807) is 29.4 Å². The Morgan fingerprint density at radius 3 is 2.91 bits per heavy atom. The van der Waals surface area contributed by atoms with E-state index >= 15 is 0 Å². The van der Waals surface area contributed by atoms with Gasteiger partial charge in [-0.3, -0.25) is 4.79 Å². The molecule has 0 spiro atoms. The van der Waals surface area contributed by atoms with Crippen molar-refractivity contribution in [3.8, 4) is 0 Å². The largest absolute Gasteiger partial charge is 0.340 e. The molecule has 2 heterocycles. The number of thiazole rings is 1. The zero-order valence-corrected chi connectivity index (χ0v) is 13.2. The standard InChI is InChI=1S/C16H16N4OS/c1-11-17-12(10-22-11)7-8-16(21)20(2)9-15-18-13-5-3-4-6-14(13)19-15/h3-8,10H,9H2,1-2H3,(H,18,19). The highest BCUT2D eigenvalue weighted by molar-refractivity contribution is 7.09. The fourth-order valence-electron chi connectivity index (χ4n) is 2.12. The van der Waals surface area contributed by atoms with Crippen LogP contribution in [0.25, 0.3) is 17.1 Å². The molecule has 0 saturated heterocycles. The molecule has 3 aromatic rings. The summed E-state index contributed by atoms with van der Waals surface area (Å²) in [6.07, 6.45) is 3.28. The van der Waals surface area contributed by atoms with E-state index in [0.29, 0.717) is 6.54 Å². The van der Waals surface area contributed by atoms with E-state index in [-0.39, 0.29) is 5.91 Å². The number of amides is 1. The summed E-state index contributed by atoms with van der Waals surface area (Å²) in [6, 6.07) is 7.82. The highest BCUT2D eigenvalue weighted by Crippen LogP contribution is 2.12. The average Bonchev–Trinajstić information content (AvgIpc) is 3.09. The summed E-state index contributed by atoms with van der Waals surface area (Å²) in [6.45, 7) is 2.38. The summed E-state index contributed by atoms with van der Waals surface area (Å²) in [4.78, 5) is 25.7. The van der Waals surface area contributed by atoms with Crippen molar-refractivity contribution in [2.75, 3.05) is 7.05 Å². The zero-order chi connectivity index (χ0) is 15.5. The normalized spacial score (nSPS) is 11.4. The first-order chi connectivity index (χ1) is 10.6. The van der Waals surface area contributed by atoms with Gasteiger partial charge in [-0.25, -0.2) is 9.97 Å². The van der Waals surface area contributed by atoms with Gasteiger partial charge in [0.1, 0.15) is 5.82 Å². The number of hydrogen-bond donors (Lipinski definition) is 1. The molecule has 0 aliphatic rings. The van der Waals surface area contributed by atoms with Gasteiger partial charge >= 0.3 is 0 Å². The van der Waals surface area contributed by atoms with Gasteiger partial charge in [0.2, 0.25) is 5.91 Å². The van der Waals surface area contributed by atoms with Gasteiger partial charge in [-0.15, -0.1) is 11.3 Å². The van der Waals surface area contributed by atoms with E-state index in [9.17, 15) is 4.79 Å². The van der Waals surface area contributed by atoms with Crippen LogP contribution in [0.4, 0.5) is 0 Å². The summed E-state index contributed by atoms with van der Waals surface area (Å²) in [5.74, 6) is 0.695. The number of fused-ring (bicyclic) bond motifs is 1. The van der Waals surface area contributed by atoms with Crippen molar-refractivity contribution in [2.24, 2.45) is 0 Å². The molecule has 3 rings (SSSR count). The SMILES string of the molecule is Cc1nc(C=CC(=O)N(C)Cc2nc3ccccc3[nH]2)cs1. The maximum absolute atomic E-state index is 12.1. The molecule has 0 atom stereocenters. The van der Waals surface area contributed by atoms with E-state index in [0.717, 1.165) is 27.6 Å². The molecule has 0 aliphatic heterocycles. The third kappa shape index (κ3) is 3.23. The Morgan fingerprint density at radius 2 is 2.18 bits per heavy atom. The number of aromatic nitrogens is 3. The van der Waals surface area contributed by atoms with Crippen molar-refractivity contribution in [1.29, 1.82) is 0 Å². The van der Waals surface area contributed by atoms with Gasteiger partial charge in [-0.2, -0.15) is 0 Å². The molecule has 0 saturated carbocycles. The number of carbonyl (C=O) groups excluding carboxylic acids is 1. The van der Waals surface area contributed by atoms with Crippen LogP contribution in [-0.2, 0) is 11.3 Å². The predicted molar refractivity (Wildman–Crippen MR) is 88.5 cm³/mol. The summed E-state index contributed by atoms with van der Waals surface area (Å²) in [5.41, 5.74) is 2.70. The van der Waals surface area contributed by atoms with Gasteiger partial charge in [0.15, 0.2) is 0 Å². The zero-order valence-electron chi connectivity index (χ0n) is 12.4.